The molecule has 0 aromatic rings. The Balaban J connectivity index is 2.93. The molecule has 0 N–H and O–H groups in total. The third kappa shape index (κ3) is 2.96. The first kappa shape index (κ1) is 13.5. The molecule has 1 aliphatic carbocycles. The standard InChI is InChI=1S/C15H26O/c1-11(16)7-8-13-12(14(2,3)4)9-10-15(13,5)6/h7-8,12-13H,9-10H2,1-6H3/b8-7+/t12-,13+/m1/s1. The molecule has 1 saturated carbocycles. The third-order valence-corrected chi connectivity index (χ3v) is 4.09. The largest absolute Gasteiger partial charge is 0.295 e. The minimum Gasteiger partial charge on any atom is -0.295 e. The van der Waals surface area contributed by atoms with Crippen LogP contribution in [0.25, 0.3) is 0 Å². The predicted octanol–water partition coefficient (Wildman–Crippen LogP) is 4.23. The van der Waals surface area contributed by atoms with E-state index in [4.69, 9.17) is 0 Å². The van der Waals surface area contributed by atoms with Gasteiger partial charge in [0.1, 0.15) is 0 Å². The molecule has 0 bridgehead atoms. The van der Waals surface area contributed by atoms with Crippen molar-refractivity contribution in [2.45, 2.75) is 54.4 Å². The number of ketones is 1. The minimum absolute atomic E-state index is 0.162. The van der Waals surface area contributed by atoms with Crippen molar-refractivity contribution in [2.24, 2.45) is 22.7 Å². The van der Waals surface area contributed by atoms with E-state index in [9.17, 15) is 4.79 Å². The van der Waals surface area contributed by atoms with E-state index in [1.165, 1.54) is 12.8 Å². The average Bonchev–Trinajstić information content (AvgIpc) is 2.36. The van der Waals surface area contributed by atoms with Crippen molar-refractivity contribution in [3.8, 4) is 0 Å². The smallest absolute Gasteiger partial charge is 0.152 e. The second kappa shape index (κ2) is 4.35. The fourth-order valence-corrected chi connectivity index (χ4v) is 3.02. The van der Waals surface area contributed by atoms with Crippen LogP contribution in [-0.2, 0) is 4.79 Å². The predicted molar refractivity (Wildman–Crippen MR) is 69.3 cm³/mol. The Morgan fingerprint density at radius 2 is 1.88 bits per heavy atom. The van der Waals surface area contributed by atoms with Gasteiger partial charge >= 0.3 is 0 Å². The van der Waals surface area contributed by atoms with Crippen molar-refractivity contribution in [1.29, 1.82) is 0 Å². The zero-order valence-corrected chi connectivity index (χ0v) is 11.6. The van der Waals surface area contributed by atoms with E-state index in [1.807, 2.05) is 0 Å². The molecule has 0 spiro atoms. The molecule has 1 heteroatoms. The summed E-state index contributed by atoms with van der Waals surface area (Å²) in [5.41, 5.74) is 0.670. The van der Waals surface area contributed by atoms with Crippen LogP contribution in [0.4, 0.5) is 0 Å². The van der Waals surface area contributed by atoms with Crippen LogP contribution in [0.15, 0.2) is 12.2 Å². The van der Waals surface area contributed by atoms with Gasteiger partial charge in [-0.15, -0.1) is 0 Å². The molecule has 2 atom stereocenters. The number of carbonyl (C=O) groups excluding carboxylic acids is 1. The van der Waals surface area contributed by atoms with Crippen LogP contribution >= 0.6 is 0 Å². The molecule has 0 aromatic carbocycles. The first-order valence-electron chi connectivity index (χ1n) is 6.33. The topological polar surface area (TPSA) is 17.1 Å². The summed E-state index contributed by atoms with van der Waals surface area (Å²) in [4.78, 5) is 11.1. The number of hydrogen-bond donors (Lipinski definition) is 0. The summed E-state index contributed by atoms with van der Waals surface area (Å²) in [6.07, 6.45) is 6.47. The Morgan fingerprint density at radius 3 is 2.31 bits per heavy atom. The van der Waals surface area contributed by atoms with E-state index in [0.29, 0.717) is 22.7 Å². The Hall–Kier alpha value is -0.590. The van der Waals surface area contributed by atoms with Gasteiger partial charge in [-0.2, -0.15) is 0 Å². The van der Waals surface area contributed by atoms with Crippen LogP contribution in [0, 0.1) is 22.7 Å². The van der Waals surface area contributed by atoms with Crippen LogP contribution in [0.2, 0.25) is 0 Å². The number of allylic oxidation sites excluding steroid dienone is 2. The van der Waals surface area contributed by atoms with Crippen LogP contribution < -0.4 is 0 Å². The maximum absolute atomic E-state index is 11.1. The van der Waals surface area contributed by atoms with E-state index in [2.05, 4.69) is 40.7 Å². The van der Waals surface area contributed by atoms with Crippen LogP contribution in [-0.4, -0.2) is 5.78 Å². The van der Waals surface area contributed by atoms with Gasteiger partial charge in [0.25, 0.3) is 0 Å². The Bertz CT molecular complexity index is 291. The van der Waals surface area contributed by atoms with E-state index in [0.717, 1.165) is 0 Å². The number of hydrogen-bond acceptors (Lipinski definition) is 1. The summed E-state index contributed by atoms with van der Waals surface area (Å²) < 4.78 is 0. The van der Waals surface area contributed by atoms with Gasteiger partial charge in [0.2, 0.25) is 0 Å². The summed E-state index contributed by atoms with van der Waals surface area (Å²) in [6.45, 7) is 13.2. The molecule has 0 unspecified atom stereocenters. The van der Waals surface area contributed by atoms with Crippen molar-refractivity contribution in [3.63, 3.8) is 0 Å². The SMILES string of the molecule is CC(=O)/C=C/[C@H]1[C@H](C(C)(C)C)CCC1(C)C. The third-order valence-electron chi connectivity index (χ3n) is 4.09. The summed E-state index contributed by atoms with van der Waals surface area (Å²) in [5.74, 6) is 1.39. The Kier molecular flexibility index (Phi) is 3.66. The van der Waals surface area contributed by atoms with Crippen LogP contribution in [0.5, 0.6) is 0 Å². The van der Waals surface area contributed by atoms with Gasteiger partial charge in [-0.3, -0.25) is 4.79 Å². The first-order valence-corrected chi connectivity index (χ1v) is 6.33. The molecular formula is C15H26O. The van der Waals surface area contributed by atoms with Crippen molar-refractivity contribution >= 4 is 5.78 Å². The highest BCUT2D eigenvalue weighted by Crippen LogP contribution is 2.53. The summed E-state index contributed by atoms with van der Waals surface area (Å²) >= 11 is 0. The van der Waals surface area contributed by atoms with Gasteiger partial charge < -0.3 is 0 Å². The second-order valence-corrected chi connectivity index (χ2v) is 7.00. The van der Waals surface area contributed by atoms with Crippen LogP contribution in [0.3, 0.4) is 0 Å². The van der Waals surface area contributed by atoms with E-state index in [-0.39, 0.29) is 5.78 Å². The highest BCUT2D eigenvalue weighted by atomic mass is 16.1. The molecule has 1 rings (SSSR count). The second-order valence-electron chi connectivity index (χ2n) is 7.00. The lowest BCUT2D eigenvalue weighted by atomic mass is 9.69. The van der Waals surface area contributed by atoms with Gasteiger partial charge in [-0.25, -0.2) is 0 Å². The molecule has 0 radical (unpaired) electrons. The van der Waals surface area contributed by atoms with E-state index in [1.54, 1.807) is 13.0 Å². The monoisotopic (exact) mass is 222 g/mol. The lowest BCUT2D eigenvalue weighted by molar-refractivity contribution is -0.112. The average molecular weight is 222 g/mol. The summed E-state index contributed by atoms with van der Waals surface area (Å²) in [7, 11) is 0. The van der Waals surface area contributed by atoms with Gasteiger partial charge in [0, 0.05) is 0 Å². The fourth-order valence-electron chi connectivity index (χ4n) is 3.02. The van der Waals surface area contributed by atoms with Gasteiger partial charge in [-0.1, -0.05) is 40.7 Å². The molecule has 1 fully saturated rings. The molecule has 92 valence electrons. The van der Waals surface area contributed by atoms with Gasteiger partial charge in [0.15, 0.2) is 5.78 Å². The summed E-state index contributed by atoms with van der Waals surface area (Å²) in [6, 6.07) is 0. The number of rotatable bonds is 2. The van der Waals surface area contributed by atoms with E-state index >= 15 is 0 Å². The molecule has 0 heterocycles. The van der Waals surface area contributed by atoms with Crippen molar-refractivity contribution < 1.29 is 4.79 Å². The van der Waals surface area contributed by atoms with Crippen molar-refractivity contribution in [2.75, 3.05) is 0 Å². The normalized spacial score (nSPS) is 29.9. The van der Waals surface area contributed by atoms with E-state index < -0.39 is 0 Å². The molecule has 0 aromatic heterocycles. The highest BCUT2D eigenvalue weighted by Gasteiger charge is 2.44. The van der Waals surface area contributed by atoms with Gasteiger partial charge in [-0.05, 0) is 48.5 Å². The quantitative estimate of drug-likeness (QED) is 0.639. The Labute approximate surface area is 100 Å². The van der Waals surface area contributed by atoms with Crippen molar-refractivity contribution in [3.05, 3.63) is 12.2 Å². The molecular weight excluding hydrogens is 196 g/mol. The molecule has 0 amide bonds. The first-order chi connectivity index (χ1) is 7.14. The molecule has 1 aliphatic rings. The molecule has 0 aliphatic heterocycles. The summed E-state index contributed by atoms with van der Waals surface area (Å²) in [5, 5.41) is 0. The zero-order chi connectivity index (χ0) is 12.6. The van der Waals surface area contributed by atoms with Crippen LogP contribution in [0.1, 0.15) is 54.4 Å². The maximum atomic E-state index is 11.1. The van der Waals surface area contributed by atoms with Crippen molar-refractivity contribution in [1.82, 2.24) is 0 Å². The van der Waals surface area contributed by atoms with Gasteiger partial charge in [0.05, 0.1) is 0 Å². The molecule has 1 nitrogen and oxygen atoms in total. The molecule has 16 heavy (non-hydrogen) atoms. The highest BCUT2D eigenvalue weighted by molar-refractivity contribution is 5.87. The lowest BCUT2D eigenvalue weighted by Crippen LogP contribution is -2.28. The number of carbonyl (C=O) groups is 1. The zero-order valence-electron chi connectivity index (χ0n) is 11.6. The fraction of sp³-hybridized carbons (Fsp3) is 0.800. The maximum Gasteiger partial charge on any atom is 0.152 e. The minimum atomic E-state index is 0.162. The molecule has 0 saturated heterocycles. The lowest BCUT2D eigenvalue weighted by Gasteiger charge is -2.35. The Morgan fingerprint density at radius 1 is 1.31 bits per heavy atom.